The number of allylic oxidation sites excluding steroid dienone is 6. The number of aliphatic hydroxyl groups excluding tert-OH is 1. The molecule has 0 amide bonds. The van der Waals surface area contributed by atoms with E-state index in [1.807, 2.05) is 0 Å². The van der Waals surface area contributed by atoms with Crippen molar-refractivity contribution in [1.29, 1.82) is 0 Å². The maximum absolute atomic E-state index is 12.3. The van der Waals surface area contributed by atoms with Crippen LogP contribution in [0.3, 0.4) is 0 Å². The monoisotopic (exact) mass is 843 g/mol. The summed E-state index contributed by atoms with van der Waals surface area (Å²) in [6.45, 7) is 5.37. The van der Waals surface area contributed by atoms with Gasteiger partial charge in [-0.15, -0.1) is 0 Å². The lowest BCUT2D eigenvalue weighted by molar-refractivity contribution is -0.154. The summed E-state index contributed by atoms with van der Waals surface area (Å²) in [5.74, 6) is -0.196. The number of carbonyl (C=O) groups excluding carboxylic acids is 1. The van der Waals surface area contributed by atoms with Crippen LogP contribution in [0.1, 0.15) is 290 Å². The molecule has 0 aliphatic carbocycles. The predicted octanol–water partition coefficient (Wildman–Crippen LogP) is 18.4. The SMILES string of the molecule is CCCCCCC/C=C\C/C=C\C/C=C\CCCCCCCCCCCOCC(CO)OC(=O)CCCCCCCCCCCCCCCCCCCCCCCCCC. The number of ether oxygens (including phenoxy) is 2. The summed E-state index contributed by atoms with van der Waals surface area (Å²) in [5.41, 5.74) is 0. The van der Waals surface area contributed by atoms with Gasteiger partial charge in [-0.1, -0.05) is 269 Å². The Morgan fingerprint density at radius 1 is 0.400 bits per heavy atom. The lowest BCUT2D eigenvalue weighted by Crippen LogP contribution is -2.27. The van der Waals surface area contributed by atoms with Crippen LogP contribution in [0.5, 0.6) is 0 Å². The number of unbranched alkanes of at least 4 members (excludes halogenated alkanes) is 37. The molecule has 0 saturated carbocycles. The first-order valence-electron chi connectivity index (χ1n) is 27.1. The van der Waals surface area contributed by atoms with Crippen LogP contribution in [-0.2, 0) is 14.3 Å². The van der Waals surface area contributed by atoms with E-state index in [0.717, 1.165) is 32.1 Å². The van der Waals surface area contributed by atoms with Gasteiger partial charge < -0.3 is 14.6 Å². The van der Waals surface area contributed by atoms with Gasteiger partial charge in [0.15, 0.2) is 0 Å². The first-order valence-corrected chi connectivity index (χ1v) is 27.1. The van der Waals surface area contributed by atoms with Gasteiger partial charge in [0.1, 0.15) is 6.10 Å². The van der Waals surface area contributed by atoms with Gasteiger partial charge in [0.25, 0.3) is 0 Å². The summed E-state index contributed by atoms with van der Waals surface area (Å²) in [6, 6.07) is 0. The zero-order chi connectivity index (χ0) is 43.3. The normalized spacial score (nSPS) is 12.5. The second-order valence-corrected chi connectivity index (χ2v) is 18.3. The molecule has 0 radical (unpaired) electrons. The van der Waals surface area contributed by atoms with Gasteiger partial charge >= 0.3 is 5.97 Å². The van der Waals surface area contributed by atoms with E-state index in [0.29, 0.717) is 19.6 Å². The van der Waals surface area contributed by atoms with E-state index in [4.69, 9.17) is 9.47 Å². The fraction of sp³-hybridized carbons (Fsp3) is 0.875. The number of hydrogen-bond donors (Lipinski definition) is 1. The van der Waals surface area contributed by atoms with Crippen molar-refractivity contribution in [2.45, 2.75) is 296 Å². The van der Waals surface area contributed by atoms with Crippen LogP contribution in [0.15, 0.2) is 36.5 Å². The highest BCUT2D eigenvalue weighted by Crippen LogP contribution is 2.17. The zero-order valence-corrected chi connectivity index (χ0v) is 40.7. The molecule has 1 atom stereocenters. The van der Waals surface area contributed by atoms with Gasteiger partial charge in [-0.25, -0.2) is 0 Å². The second-order valence-electron chi connectivity index (χ2n) is 18.3. The van der Waals surface area contributed by atoms with E-state index < -0.39 is 6.10 Å². The summed E-state index contributed by atoms with van der Waals surface area (Å²) >= 11 is 0. The number of rotatable bonds is 51. The molecule has 354 valence electrons. The second kappa shape index (κ2) is 53.7. The van der Waals surface area contributed by atoms with Crippen molar-refractivity contribution in [2.24, 2.45) is 0 Å². The molecule has 1 N–H and O–H groups in total. The molecule has 0 aliphatic rings. The van der Waals surface area contributed by atoms with Crippen molar-refractivity contribution in [3.63, 3.8) is 0 Å². The Bertz CT molecular complexity index is 894. The van der Waals surface area contributed by atoms with Crippen molar-refractivity contribution < 1.29 is 19.4 Å². The molecule has 0 spiro atoms. The van der Waals surface area contributed by atoms with E-state index in [9.17, 15) is 9.90 Å². The summed E-state index contributed by atoms with van der Waals surface area (Å²) in [4.78, 5) is 12.3. The van der Waals surface area contributed by atoms with E-state index in [1.54, 1.807) is 0 Å². The molecule has 60 heavy (non-hydrogen) atoms. The Morgan fingerprint density at radius 3 is 1.05 bits per heavy atom. The van der Waals surface area contributed by atoms with Gasteiger partial charge in [0.05, 0.1) is 13.2 Å². The van der Waals surface area contributed by atoms with Gasteiger partial charge in [-0.2, -0.15) is 0 Å². The molecule has 4 heteroatoms. The first-order chi connectivity index (χ1) is 29.7. The highest BCUT2D eigenvalue weighted by molar-refractivity contribution is 5.69. The Hall–Kier alpha value is -1.39. The number of hydrogen-bond acceptors (Lipinski definition) is 4. The van der Waals surface area contributed by atoms with Crippen molar-refractivity contribution >= 4 is 5.97 Å². The molecule has 0 fully saturated rings. The summed E-state index contributed by atoms with van der Waals surface area (Å²) in [7, 11) is 0. The average molecular weight is 843 g/mol. The maximum Gasteiger partial charge on any atom is 0.306 e. The summed E-state index contributed by atoms with van der Waals surface area (Å²) < 4.78 is 11.2. The molecule has 0 rings (SSSR count). The number of aliphatic hydroxyl groups is 1. The molecular formula is C56H106O4. The highest BCUT2D eigenvalue weighted by atomic mass is 16.6. The standard InChI is InChI=1S/C56H106O4/c1-3-5-7-9-11-13-15-17-19-21-23-25-27-29-31-33-35-37-39-41-43-45-47-49-51-56(58)60-55(53-57)54-59-52-50-48-46-44-42-40-38-36-34-32-30-28-26-24-22-20-18-16-14-12-10-8-6-4-2/h16,18,22,24,28,30,55,57H,3-15,17,19-21,23,25-27,29,31-54H2,1-2H3/b18-16-,24-22-,30-28-. The molecule has 0 aromatic rings. The zero-order valence-electron chi connectivity index (χ0n) is 40.7. The Balaban J connectivity index is 3.38. The molecular weight excluding hydrogens is 737 g/mol. The van der Waals surface area contributed by atoms with Crippen LogP contribution >= 0.6 is 0 Å². The maximum atomic E-state index is 12.3. The Labute approximate surface area is 376 Å². The van der Waals surface area contributed by atoms with Gasteiger partial charge in [0.2, 0.25) is 0 Å². The molecule has 0 aromatic carbocycles. The largest absolute Gasteiger partial charge is 0.457 e. The van der Waals surface area contributed by atoms with Crippen LogP contribution in [0.2, 0.25) is 0 Å². The van der Waals surface area contributed by atoms with E-state index in [-0.39, 0.29) is 12.6 Å². The molecule has 0 saturated heterocycles. The molecule has 4 nitrogen and oxygen atoms in total. The summed E-state index contributed by atoms with van der Waals surface area (Å²) in [5, 5.41) is 9.66. The smallest absolute Gasteiger partial charge is 0.306 e. The highest BCUT2D eigenvalue weighted by Gasteiger charge is 2.13. The van der Waals surface area contributed by atoms with Crippen LogP contribution in [0, 0.1) is 0 Å². The fourth-order valence-corrected chi connectivity index (χ4v) is 8.16. The van der Waals surface area contributed by atoms with Crippen LogP contribution in [-0.4, -0.2) is 37.0 Å². The Morgan fingerprint density at radius 2 is 0.700 bits per heavy atom. The minimum absolute atomic E-state index is 0.170. The van der Waals surface area contributed by atoms with Crippen LogP contribution in [0.25, 0.3) is 0 Å². The minimum atomic E-state index is -0.536. The van der Waals surface area contributed by atoms with Crippen LogP contribution < -0.4 is 0 Å². The molecule has 0 bridgehead atoms. The number of esters is 1. The first kappa shape index (κ1) is 58.6. The van der Waals surface area contributed by atoms with Gasteiger partial charge in [0, 0.05) is 13.0 Å². The third-order valence-corrected chi connectivity index (χ3v) is 12.2. The predicted molar refractivity (Wildman–Crippen MR) is 265 cm³/mol. The van der Waals surface area contributed by atoms with Crippen molar-refractivity contribution in [2.75, 3.05) is 19.8 Å². The van der Waals surface area contributed by atoms with Gasteiger partial charge in [-0.3, -0.25) is 4.79 Å². The van der Waals surface area contributed by atoms with Crippen molar-refractivity contribution in [1.82, 2.24) is 0 Å². The molecule has 0 aliphatic heterocycles. The topological polar surface area (TPSA) is 55.8 Å². The van der Waals surface area contributed by atoms with E-state index >= 15 is 0 Å². The van der Waals surface area contributed by atoms with Crippen molar-refractivity contribution in [3.05, 3.63) is 36.5 Å². The molecule has 1 unspecified atom stereocenters. The van der Waals surface area contributed by atoms with E-state index in [2.05, 4.69) is 50.3 Å². The summed E-state index contributed by atoms with van der Waals surface area (Å²) in [6.07, 6.45) is 69.6. The quantitative estimate of drug-likeness (QED) is 0.0377. The average Bonchev–Trinajstić information content (AvgIpc) is 3.25. The van der Waals surface area contributed by atoms with Crippen molar-refractivity contribution in [3.8, 4) is 0 Å². The number of carbonyl (C=O) groups is 1. The lowest BCUT2D eigenvalue weighted by Gasteiger charge is -2.16. The third kappa shape index (κ3) is 51.0. The lowest BCUT2D eigenvalue weighted by atomic mass is 10.0. The third-order valence-electron chi connectivity index (χ3n) is 12.2. The molecule has 0 aromatic heterocycles. The Kier molecular flexibility index (Phi) is 52.5. The fourth-order valence-electron chi connectivity index (χ4n) is 8.16. The molecule has 0 heterocycles. The minimum Gasteiger partial charge on any atom is -0.457 e. The van der Waals surface area contributed by atoms with E-state index in [1.165, 1.54) is 238 Å². The van der Waals surface area contributed by atoms with Gasteiger partial charge in [-0.05, 0) is 51.4 Å². The van der Waals surface area contributed by atoms with Crippen LogP contribution in [0.4, 0.5) is 0 Å².